The molecule has 0 radical (unpaired) electrons. The predicted octanol–water partition coefficient (Wildman–Crippen LogP) is -0.246. The lowest BCUT2D eigenvalue weighted by atomic mass is 10.1. The van der Waals surface area contributed by atoms with Crippen LogP contribution in [0.4, 0.5) is 0 Å². The normalized spacial score (nSPS) is 29.0. The Bertz CT molecular complexity index is 201. The first-order chi connectivity index (χ1) is 6.78. The van der Waals surface area contributed by atoms with Crippen molar-refractivity contribution in [2.24, 2.45) is 0 Å². The highest BCUT2D eigenvalue weighted by Gasteiger charge is 2.33. The van der Waals surface area contributed by atoms with Gasteiger partial charge in [-0.25, -0.2) is 0 Å². The summed E-state index contributed by atoms with van der Waals surface area (Å²) in [5, 5.41) is 19.4. The fraction of sp³-hybridized carbons (Fsp3) is 1.00. The summed E-state index contributed by atoms with van der Waals surface area (Å²) in [6.07, 6.45) is 0.575. The minimum atomic E-state index is -0.686. The molecule has 4 heteroatoms. The van der Waals surface area contributed by atoms with Crippen LogP contribution in [-0.4, -0.2) is 71.5 Å². The average molecular weight is 216 g/mol. The highest BCUT2D eigenvalue weighted by Crippen LogP contribution is 2.20. The van der Waals surface area contributed by atoms with Gasteiger partial charge < -0.3 is 15.1 Å². The average Bonchev–Trinajstić information content (AvgIpc) is 2.25. The highest BCUT2D eigenvalue weighted by atomic mass is 16.3. The minimum absolute atomic E-state index is 0.239. The molecule has 1 heterocycles. The minimum Gasteiger partial charge on any atom is -0.392 e. The van der Waals surface area contributed by atoms with Crippen molar-refractivity contribution in [1.29, 1.82) is 0 Å². The quantitative estimate of drug-likeness (QED) is 0.680. The fourth-order valence-corrected chi connectivity index (χ4v) is 2.26. The van der Waals surface area contributed by atoms with Crippen LogP contribution in [0.1, 0.15) is 20.3 Å². The standard InChI is InChI=1S/C11H24N2O2/c1-11(2,15)8-13-7-10(14)5-9(13)6-12(3)4/h9-10,14-15H,5-8H2,1-4H3. The zero-order valence-electron chi connectivity index (χ0n) is 10.3. The first-order valence-electron chi connectivity index (χ1n) is 5.57. The SMILES string of the molecule is CN(C)CC1CC(O)CN1CC(C)(C)O. The molecule has 1 aliphatic heterocycles. The van der Waals surface area contributed by atoms with E-state index in [4.69, 9.17) is 0 Å². The van der Waals surface area contributed by atoms with Gasteiger partial charge in [-0.05, 0) is 34.4 Å². The van der Waals surface area contributed by atoms with E-state index < -0.39 is 5.60 Å². The molecule has 0 amide bonds. The number of likely N-dealkylation sites (tertiary alicyclic amines) is 1. The lowest BCUT2D eigenvalue weighted by molar-refractivity contribution is 0.0261. The van der Waals surface area contributed by atoms with Crippen molar-refractivity contribution in [3.63, 3.8) is 0 Å². The van der Waals surface area contributed by atoms with E-state index in [1.165, 1.54) is 0 Å². The number of nitrogens with zero attached hydrogens (tertiary/aromatic N) is 2. The van der Waals surface area contributed by atoms with E-state index in [1.807, 2.05) is 27.9 Å². The third-order valence-corrected chi connectivity index (χ3v) is 2.67. The van der Waals surface area contributed by atoms with E-state index in [-0.39, 0.29) is 6.10 Å². The number of likely N-dealkylation sites (N-methyl/N-ethyl adjacent to an activating group) is 1. The Morgan fingerprint density at radius 2 is 2.00 bits per heavy atom. The van der Waals surface area contributed by atoms with E-state index in [9.17, 15) is 10.2 Å². The van der Waals surface area contributed by atoms with Crippen LogP contribution in [-0.2, 0) is 0 Å². The van der Waals surface area contributed by atoms with Crippen molar-refractivity contribution in [3.05, 3.63) is 0 Å². The number of rotatable bonds is 4. The Morgan fingerprint density at radius 3 is 2.47 bits per heavy atom. The van der Waals surface area contributed by atoms with E-state index in [2.05, 4.69) is 9.80 Å². The van der Waals surface area contributed by atoms with Gasteiger partial charge in [0.05, 0.1) is 11.7 Å². The molecule has 0 bridgehead atoms. The molecule has 0 aromatic heterocycles. The van der Waals surface area contributed by atoms with Gasteiger partial charge in [0.25, 0.3) is 0 Å². The molecule has 2 atom stereocenters. The summed E-state index contributed by atoms with van der Waals surface area (Å²) >= 11 is 0. The van der Waals surface area contributed by atoms with Crippen LogP contribution >= 0.6 is 0 Å². The topological polar surface area (TPSA) is 46.9 Å². The molecule has 15 heavy (non-hydrogen) atoms. The molecule has 2 unspecified atom stereocenters. The molecule has 1 aliphatic rings. The lowest BCUT2D eigenvalue weighted by Gasteiger charge is -2.31. The Hall–Kier alpha value is -0.160. The van der Waals surface area contributed by atoms with Crippen LogP contribution in [0.3, 0.4) is 0 Å². The molecule has 0 saturated carbocycles. The molecule has 0 aliphatic carbocycles. The maximum atomic E-state index is 9.78. The van der Waals surface area contributed by atoms with E-state index in [0.717, 1.165) is 13.0 Å². The van der Waals surface area contributed by atoms with Crippen molar-refractivity contribution in [3.8, 4) is 0 Å². The lowest BCUT2D eigenvalue weighted by Crippen LogP contribution is -2.44. The highest BCUT2D eigenvalue weighted by molar-refractivity contribution is 4.89. The van der Waals surface area contributed by atoms with Gasteiger partial charge in [0, 0.05) is 25.7 Å². The molecule has 1 fully saturated rings. The van der Waals surface area contributed by atoms with Crippen LogP contribution in [0, 0.1) is 0 Å². The summed E-state index contributed by atoms with van der Waals surface area (Å²) in [7, 11) is 4.07. The summed E-state index contributed by atoms with van der Waals surface area (Å²) in [4.78, 5) is 4.31. The first-order valence-corrected chi connectivity index (χ1v) is 5.57. The summed E-state index contributed by atoms with van der Waals surface area (Å²) < 4.78 is 0. The van der Waals surface area contributed by atoms with E-state index in [1.54, 1.807) is 0 Å². The van der Waals surface area contributed by atoms with Crippen LogP contribution in [0.15, 0.2) is 0 Å². The Morgan fingerprint density at radius 1 is 1.40 bits per heavy atom. The number of hydrogen-bond acceptors (Lipinski definition) is 4. The zero-order valence-corrected chi connectivity index (χ0v) is 10.3. The number of aliphatic hydroxyl groups excluding tert-OH is 1. The van der Waals surface area contributed by atoms with Crippen molar-refractivity contribution >= 4 is 0 Å². The van der Waals surface area contributed by atoms with Gasteiger partial charge in [0.2, 0.25) is 0 Å². The van der Waals surface area contributed by atoms with Crippen molar-refractivity contribution in [2.75, 3.05) is 33.7 Å². The van der Waals surface area contributed by atoms with E-state index >= 15 is 0 Å². The van der Waals surface area contributed by atoms with Gasteiger partial charge >= 0.3 is 0 Å². The van der Waals surface area contributed by atoms with Crippen molar-refractivity contribution < 1.29 is 10.2 Å². The first kappa shape index (κ1) is 12.9. The molecule has 4 nitrogen and oxygen atoms in total. The summed E-state index contributed by atoms with van der Waals surface area (Å²) in [6, 6.07) is 0.362. The number of β-amino-alcohol motifs (C(OH)–C–C–N with tert-alkyl or cyclic N) is 2. The second kappa shape index (κ2) is 4.78. The smallest absolute Gasteiger partial charge is 0.0718 e. The monoisotopic (exact) mass is 216 g/mol. The predicted molar refractivity (Wildman–Crippen MR) is 60.8 cm³/mol. The second-order valence-electron chi connectivity index (χ2n) is 5.55. The van der Waals surface area contributed by atoms with Gasteiger partial charge in [-0.3, -0.25) is 4.90 Å². The largest absolute Gasteiger partial charge is 0.392 e. The maximum absolute atomic E-state index is 9.78. The van der Waals surface area contributed by atoms with Gasteiger partial charge in [-0.2, -0.15) is 0 Å². The van der Waals surface area contributed by atoms with Gasteiger partial charge in [-0.1, -0.05) is 0 Å². The van der Waals surface area contributed by atoms with Crippen LogP contribution in [0.25, 0.3) is 0 Å². The van der Waals surface area contributed by atoms with E-state index in [0.29, 0.717) is 19.1 Å². The molecule has 0 spiro atoms. The molecule has 1 rings (SSSR count). The Balaban J connectivity index is 2.53. The van der Waals surface area contributed by atoms with Crippen LogP contribution < -0.4 is 0 Å². The fourth-order valence-electron chi connectivity index (χ4n) is 2.26. The molecule has 0 aromatic carbocycles. The molecular formula is C11H24N2O2. The van der Waals surface area contributed by atoms with Gasteiger partial charge in [-0.15, -0.1) is 0 Å². The third kappa shape index (κ3) is 4.47. The Labute approximate surface area is 92.5 Å². The molecule has 1 saturated heterocycles. The third-order valence-electron chi connectivity index (χ3n) is 2.67. The van der Waals surface area contributed by atoms with Crippen LogP contribution in [0.5, 0.6) is 0 Å². The van der Waals surface area contributed by atoms with Gasteiger partial charge in [0.15, 0.2) is 0 Å². The van der Waals surface area contributed by atoms with Gasteiger partial charge in [0.1, 0.15) is 0 Å². The molecule has 90 valence electrons. The number of aliphatic hydroxyl groups is 2. The van der Waals surface area contributed by atoms with Crippen molar-refractivity contribution in [2.45, 2.75) is 38.0 Å². The molecule has 2 N–H and O–H groups in total. The van der Waals surface area contributed by atoms with Crippen LogP contribution in [0.2, 0.25) is 0 Å². The summed E-state index contributed by atoms with van der Waals surface area (Å²) in [5.41, 5.74) is -0.686. The molecule has 0 aromatic rings. The summed E-state index contributed by atoms with van der Waals surface area (Å²) in [6.45, 7) is 5.87. The molecular weight excluding hydrogens is 192 g/mol. The van der Waals surface area contributed by atoms with Crippen molar-refractivity contribution in [1.82, 2.24) is 9.80 Å². The zero-order chi connectivity index (χ0) is 11.6. The Kier molecular flexibility index (Phi) is 4.12. The number of hydrogen-bond donors (Lipinski definition) is 2. The maximum Gasteiger partial charge on any atom is 0.0718 e. The summed E-state index contributed by atoms with van der Waals surface area (Å²) in [5.74, 6) is 0. The second-order valence-corrected chi connectivity index (χ2v) is 5.55.